The molecule has 0 saturated heterocycles. The van der Waals surface area contributed by atoms with E-state index in [1.807, 2.05) is 0 Å². The van der Waals surface area contributed by atoms with E-state index in [4.69, 9.17) is 23.4 Å². The maximum atomic E-state index is 14.0. The molecule has 0 amide bonds. The van der Waals surface area contributed by atoms with Crippen LogP contribution in [0.5, 0.6) is 0 Å². The number of anilines is 1. The lowest BCUT2D eigenvalue weighted by Crippen LogP contribution is -2.45. The van der Waals surface area contributed by atoms with Gasteiger partial charge in [0.15, 0.2) is 23.1 Å². The van der Waals surface area contributed by atoms with E-state index >= 15 is 0 Å². The Bertz CT molecular complexity index is 2400. The topological polar surface area (TPSA) is 231 Å². The van der Waals surface area contributed by atoms with E-state index in [1.54, 1.807) is 0 Å². The minimum absolute atomic E-state index is 0.0582. The molecule has 3 aromatic carbocycles. The molecular weight excluding hydrogens is 664 g/mol. The number of fused-ring (bicyclic) bond motifs is 7. The minimum atomic E-state index is -4.99. The van der Waals surface area contributed by atoms with Crippen LogP contribution in [0.1, 0.15) is 59.5 Å². The summed E-state index contributed by atoms with van der Waals surface area (Å²) in [4.78, 5) is 58.4. The van der Waals surface area contributed by atoms with Crippen molar-refractivity contribution in [1.82, 2.24) is 0 Å². The van der Waals surface area contributed by atoms with Gasteiger partial charge in [-0.05, 0) is 12.5 Å². The summed E-state index contributed by atoms with van der Waals surface area (Å²) >= 11 is 6.64. The van der Waals surface area contributed by atoms with Crippen LogP contribution in [-0.4, -0.2) is 51.7 Å². The van der Waals surface area contributed by atoms with Crippen molar-refractivity contribution in [2.45, 2.75) is 17.9 Å². The molecule has 0 aromatic heterocycles. The summed E-state index contributed by atoms with van der Waals surface area (Å²) in [7, 11) is -9.86. The average Bonchev–Trinajstić information content (AvgIpc) is 3.05. The molecule has 0 spiro atoms. The summed E-state index contributed by atoms with van der Waals surface area (Å²) in [5.41, 5.74) is -3.48. The summed E-state index contributed by atoms with van der Waals surface area (Å²) in [5.74, 6) is 6.88. The van der Waals surface area contributed by atoms with Gasteiger partial charge >= 0.3 is 20.2 Å². The smallest absolute Gasteiger partial charge is 0.315 e. The first-order valence-electron chi connectivity index (χ1n) is 13.1. The Labute approximate surface area is 264 Å². The van der Waals surface area contributed by atoms with E-state index in [2.05, 4.69) is 18.9 Å². The molecule has 1 atom stereocenters. The molecule has 0 bridgehead atoms. The number of benzene rings is 3. The third-order valence-corrected chi connectivity index (χ3v) is 11.1. The highest BCUT2D eigenvalue weighted by molar-refractivity contribution is 7.91. The predicted octanol–water partition coefficient (Wildman–Crippen LogP) is 2.44. The fourth-order valence-electron chi connectivity index (χ4n) is 6.25. The van der Waals surface area contributed by atoms with Gasteiger partial charge in [0.2, 0.25) is 0 Å². The molecule has 17 heteroatoms. The van der Waals surface area contributed by atoms with Gasteiger partial charge in [-0.25, -0.2) is 4.99 Å². The van der Waals surface area contributed by atoms with E-state index < -0.39 is 92.2 Å². The van der Waals surface area contributed by atoms with E-state index in [0.29, 0.717) is 0 Å². The van der Waals surface area contributed by atoms with Gasteiger partial charge in [0.1, 0.15) is 15.5 Å². The van der Waals surface area contributed by atoms with Crippen LogP contribution in [0, 0.1) is 0 Å². The lowest BCUT2D eigenvalue weighted by atomic mass is 9.74. The quantitative estimate of drug-likeness (QED) is 0.263. The van der Waals surface area contributed by atoms with Gasteiger partial charge in [-0.3, -0.25) is 19.2 Å². The van der Waals surface area contributed by atoms with E-state index in [1.165, 1.54) is 55.5 Å². The number of ketones is 4. The van der Waals surface area contributed by atoms with Gasteiger partial charge < -0.3 is 5.32 Å². The Morgan fingerprint density at radius 2 is 1.22 bits per heavy atom. The zero-order valence-corrected chi connectivity index (χ0v) is 25.5. The van der Waals surface area contributed by atoms with Crippen molar-refractivity contribution < 1.29 is 44.6 Å². The molecule has 1 aliphatic heterocycles. The van der Waals surface area contributed by atoms with Crippen LogP contribution in [0.25, 0.3) is 0 Å². The molecule has 14 nitrogen and oxygen atoms in total. The highest BCUT2D eigenvalue weighted by Gasteiger charge is 2.50. The van der Waals surface area contributed by atoms with Crippen LogP contribution in [0.4, 0.5) is 11.4 Å². The number of hydrogen-bond donors (Lipinski definition) is 3. The second kappa shape index (κ2) is 9.91. The van der Waals surface area contributed by atoms with Crippen molar-refractivity contribution in [2.75, 3.05) is 5.32 Å². The van der Waals surface area contributed by atoms with Crippen molar-refractivity contribution in [2.24, 2.45) is 16.8 Å². The molecule has 1 heterocycles. The minimum Gasteiger partial charge on any atom is -0.371 e. The number of rotatable bonds is 4. The normalized spacial score (nSPS) is 18.6. The third-order valence-electron chi connectivity index (χ3n) is 8.18. The van der Waals surface area contributed by atoms with Crippen LogP contribution in [-0.2, 0) is 28.8 Å². The zero-order chi connectivity index (χ0) is 33.0. The lowest BCUT2D eigenvalue weighted by molar-refractivity contribution is 0.0977. The Balaban J connectivity index is 1.62. The van der Waals surface area contributed by atoms with E-state index in [9.17, 15) is 36.0 Å². The number of nitrogens with two attached hydrogens (primary N) is 2. The largest absolute Gasteiger partial charge is 0.371 e. The maximum absolute atomic E-state index is 14.0. The molecule has 0 radical (unpaired) electrons. The van der Waals surface area contributed by atoms with Gasteiger partial charge in [-0.2, -0.15) is 37.2 Å². The first kappa shape index (κ1) is 30.0. The predicted molar refractivity (Wildman–Crippen MR) is 161 cm³/mol. The molecule has 3 aromatic rings. The molecule has 1 unspecified atom stereocenters. The van der Waals surface area contributed by atoms with Crippen LogP contribution in [0.3, 0.4) is 0 Å². The van der Waals surface area contributed by atoms with Crippen LogP contribution >= 0.6 is 11.6 Å². The van der Waals surface area contributed by atoms with Gasteiger partial charge in [0.05, 0.1) is 44.7 Å². The van der Waals surface area contributed by atoms with Gasteiger partial charge in [-0.15, -0.1) is 0 Å². The molecule has 0 fully saturated rings. The number of halogens is 1. The average molecular weight is 681 g/mol. The van der Waals surface area contributed by atoms with Crippen LogP contribution in [0.2, 0.25) is 5.02 Å². The van der Waals surface area contributed by atoms with Gasteiger partial charge in [0.25, 0.3) is 0 Å². The maximum Gasteiger partial charge on any atom is 0.315 e. The Morgan fingerprint density at radius 1 is 0.739 bits per heavy atom. The highest BCUT2D eigenvalue weighted by atomic mass is 35.5. The molecule has 232 valence electrons. The van der Waals surface area contributed by atoms with E-state index in [0.717, 1.165) is 0 Å². The molecule has 0 saturated carbocycles. The monoisotopic (exact) mass is 680 g/mol. The lowest BCUT2D eigenvalue weighted by Gasteiger charge is -2.37. The molecular formula is C29H17ClN4O10S2. The Kier molecular flexibility index (Phi) is 6.46. The van der Waals surface area contributed by atoms with Gasteiger partial charge in [0, 0.05) is 22.3 Å². The van der Waals surface area contributed by atoms with Crippen molar-refractivity contribution in [3.05, 3.63) is 109 Å². The summed E-state index contributed by atoms with van der Waals surface area (Å²) in [6.07, 6.45) is 0. The van der Waals surface area contributed by atoms with Crippen molar-refractivity contribution in [1.29, 1.82) is 0 Å². The summed E-state index contributed by atoms with van der Waals surface area (Å²) in [6, 6.07) is 10.0. The van der Waals surface area contributed by atoms with Crippen molar-refractivity contribution in [3.8, 4) is 0 Å². The number of allylic oxidation sites excluding steroid dienone is 1. The van der Waals surface area contributed by atoms with E-state index in [-0.39, 0.29) is 39.2 Å². The number of Topliss-reactive ketones (excluding diaryl/α,β-unsaturated/α-hetero) is 2. The molecule has 3 aliphatic carbocycles. The molecule has 4 aliphatic rings. The summed E-state index contributed by atoms with van der Waals surface area (Å²) in [5, 5.41) is 2.25. The van der Waals surface area contributed by atoms with Crippen molar-refractivity contribution >= 4 is 72.1 Å². The zero-order valence-electron chi connectivity index (χ0n) is 23.1. The molecule has 46 heavy (non-hydrogen) atoms. The Morgan fingerprint density at radius 3 is 1.74 bits per heavy atom. The summed E-state index contributed by atoms with van der Waals surface area (Å²) in [6.45, 7) is 1.31. The van der Waals surface area contributed by atoms with Gasteiger partial charge in [-0.1, -0.05) is 60.1 Å². The third kappa shape index (κ3) is 3.80. The fourth-order valence-corrected chi connectivity index (χ4v) is 8.68. The fraction of sp³-hybridized carbons (Fsp3) is 0.0690. The number of carbonyl (C=O) groups excluding carboxylic acids is 4. The molecule has 7 rings (SSSR count). The first-order chi connectivity index (χ1) is 21.8. The number of nitrogens with one attached hydrogen (secondary N) is 1. The van der Waals surface area contributed by atoms with Crippen LogP contribution < -0.4 is 17.1 Å². The van der Waals surface area contributed by atoms with Crippen molar-refractivity contribution in [3.63, 3.8) is 0 Å². The Hall–Kier alpha value is -4.68. The number of aliphatic imine (C=N–C) groups is 1. The van der Waals surface area contributed by atoms with Crippen LogP contribution in [0.15, 0.2) is 80.0 Å². The highest BCUT2D eigenvalue weighted by Crippen LogP contribution is 2.52. The second-order valence-corrected chi connectivity index (χ2v) is 13.9. The SMILES string of the molecule is CC1=C(S(=O)(=O)ON)C2=C(C(=O)c3ccccc3C2=O)C2=Nc3c(Cl)c(S(=O)(=O)ON)c4c(c3NC21)C(=O)c1ccccc1C4=O. The number of carbonyl (C=O) groups is 4. The first-order valence-corrected chi connectivity index (χ1v) is 16.3. The standard InChI is InChI=1S/C29H17ClN4O10S2/c1-10-20-21(15-17(28(10)45(39,40)43-31)26(37)13-8-4-2-6-11(13)24(15)35)34-23-19(30)29(46(41,42)44-32)18-16(22(23)33-20)25(36)12-7-3-5-9-14(12)27(18)38/h2-9,20,33H,31-32H2,1H3. The number of nitrogens with zero attached hydrogens (tertiary/aromatic N) is 1. The second-order valence-electron chi connectivity index (χ2n) is 10.5. The molecule has 5 N–H and O–H groups in total. The number of hydrogen-bond acceptors (Lipinski definition) is 14. The summed E-state index contributed by atoms with van der Waals surface area (Å²) < 4.78 is 61.3.